The van der Waals surface area contributed by atoms with Gasteiger partial charge in [-0.2, -0.15) is 0 Å². The quantitative estimate of drug-likeness (QED) is 0.779. The van der Waals surface area contributed by atoms with Crippen LogP contribution in [-0.4, -0.2) is 25.3 Å². The van der Waals surface area contributed by atoms with E-state index in [1.807, 2.05) is 0 Å². The predicted molar refractivity (Wildman–Crippen MR) is 76.0 cm³/mol. The normalized spacial score (nSPS) is 23.1. The molecule has 1 saturated carbocycles. The van der Waals surface area contributed by atoms with Crippen LogP contribution in [0.2, 0.25) is 0 Å². The minimum Gasteiger partial charge on any atom is -0.377 e. The van der Waals surface area contributed by atoms with Crippen LogP contribution >= 0.6 is 0 Å². The Kier molecular flexibility index (Phi) is 4.79. The van der Waals surface area contributed by atoms with Crippen LogP contribution in [0.5, 0.6) is 0 Å². The van der Waals surface area contributed by atoms with E-state index < -0.39 is 0 Å². The lowest BCUT2D eigenvalue weighted by molar-refractivity contribution is 0.0767. The summed E-state index contributed by atoms with van der Waals surface area (Å²) < 4.78 is 5.52. The molecule has 1 aromatic rings. The van der Waals surface area contributed by atoms with Crippen LogP contribution in [0.25, 0.3) is 0 Å². The zero-order valence-electron chi connectivity index (χ0n) is 11.8. The molecule has 0 heterocycles. The van der Waals surface area contributed by atoms with Gasteiger partial charge in [0.2, 0.25) is 0 Å². The Balaban J connectivity index is 1.63. The van der Waals surface area contributed by atoms with Crippen molar-refractivity contribution in [2.75, 3.05) is 13.2 Å². The highest BCUT2D eigenvalue weighted by molar-refractivity contribution is 5.26. The van der Waals surface area contributed by atoms with Gasteiger partial charge < -0.3 is 10.1 Å². The van der Waals surface area contributed by atoms with Crippen LogP contribution in [0.1, 0.15) is 43.7 Å². The van der Waals surface area contributed by atoms with E-state index >= 15 is 0 Å². The summed E-state index contributed by atoms with van der Waals surface area (Å²) in [5.41, 5.74) is 2.84. The smallest absolute Gasteiger partial charge is 0.0594 e. The van der Waals surface area contributed by atoms with E-state index in [2.05, 4.69) is 50.4 Å². The van der Waals surface area contributed by atoms with E-state index in [0.29, 0.717) is 12.1 Å². The van der Waals surface area contributed by atoms with Gasteiger partial charge in [-0.25, -0.2) is 0 Å². The molecule has 1 fully saturated rings. The van der Waals surface area contributed by atoms with Gasteiger partial charge in [0.1, 0.15) is 0 Å². The van der Waals surface area contributed by atoms with Crippen LogP contribution in [0.4, 0.5) is 0 Å². The molecule has 100 valence electrons. The van der Waals surface area contributed by atoms with Gasteiger partial charge in [-0.3, -0.25) is 0 Å². The molecule has 0 spiro atoms. The molecule has 0 aromatic heterocycles. The zero-order valence-corrected chi connectivity index (χ0v) is 11.8. The van der Waals surface area contributed by atoms with Crippen LogP contribution in [0.3, 0.4) is 0 Å². The van der Waals surface area contributed by atoms with Gasteiger partial charge in [0.15, 0.2) is 0 Å². The Morgan fingerprint density at radius 3 is 2.50 bits per heavy atom. The molecule has 2 rings (SSSR count). The lowest BCUT2D eigenvalue weighted by Crippen LogP contribution is -2.41. The molecule has 0 unspecified atom stereocenters. The minimum absolute atomic E-state index is 0.341. The Morgan fingerprint density at radius 1 is 1.22 bits per heavy atom. The van der Waals surface area contributed by atoms with Crippen molar-refractivity contribution in [1.82, 2.24) is 5.32 Å². The molecule has 0 atom stereocenters. The van der Waals surface area contributed by atoms with Crippen molar-refractivity contribution >= 4 is 0 Å². The van der Waals surface area contributed by atoms with Gasteiger partial charge in [-0.1, -0.05) is 29.8 Å². The molecule has 18 heavy (non-hydrogen) atoms. The number of aryl methyl sites for hydroxylation is 1. The zero-order chi connectivity index (χ0) is 13.0. The molecule has 0 saturated heterocycles. The molecule has 0 aliphatic heterocycles. The van der Waals surface area contributed by atoms with E-state index in [1.165, 1.54) is 24.0 Å². The van der Waals surface area contributed by atoms with Gasteiger partial charge >= 0.3 is 0 Å². The maximum absolute atomic E-state index is 5.52. The first-order chi connectivity index (χ1) is 8.65. The van der Waals surface area contributed by atoms with Gasteiger partial charge in [-0.15, -0.1) is 0 Å². The van der Waals surface area contributed by atoms with Crippen LogP contribution in [-0.2, 0) is 4.74 Å². The number of nitrogens with one attached hydrogen (secondary N) is 1. The third kappa shape index (κ3) is 3.82. The Bertz CT molecular complexity index is 352. The van der Waals surface area contributed by atoms with E-state index in [-0.39, 0.29) is 0 Å². The third-order valence-electron chi connectivity index (χ3n) is 3.67. The minimum atomic E-state index is 0.341. The summed E-state index contributed by atoms with van der Waals surface area (Å²) in [5, 5.41) is 3.56. The van der Waals surface area contributed by atoms with E-state index in [4.69, 9.17) is 4.74 Å². The average Bonchev–Trinajstić information content (AvgIpc) is 2.28. The predicted octanol–water partition coefficient (Wildman–Crippen LogP) is 3.26. The first kappa shape index (κ1) is 13.6. The van der Waals surface area contributed by atoms with Gasteiger partial charge in [0.25, 0.3) is 0 Å². The van der Waals surface area contributed by atoms with Crippen molar-refractivity contribution < 1.29 is 4.74 Å². The second kappa shape index (κ2) is 6.35. The first-order valence-corrected chi connectivity index (χ1v) is 7.06. The van der Waals surface area contributed by atoms with Crippen molar-refractivity contribution in [3.63, 3.8) is 0 Å². The molecule has 1 aliphatic carbocycles. The molecule has 1 aliphatic rings. The fourth-order valence-corrected chi connectivity index (χ4v) is 2.45. The Morgan fingerprint density at radius 2 is 1.89 bits per heavy atom. The van der Waals surface area contributed by atoms with E-state index in [0.717, 1.165) is 19.1 Å². The summed E-state index contributed by atoms with van der Waals surface area (Å²) in [6.45, 7) is 8.10. The van der Waals surface area contributed by atoms with Crippen LogP contribution in [0, 0.1) is 6.92 Å². The lowest BCUT2D eigenvalue weighted by Gasteiger charge is -2.36. The molecule has 2 nitrogen and oxygen atoms in total. The fourth-order valence-electron chi connectivity index (χ4n) is 2.45. The highest BCUT2D eigenvalue weighted by atomic mass is 16.5. The van der Waals surface area contributed by atoms with Crippen molar-refractivity contribution in [1.29, 1.82) is 0 Å². The summed E-state index contributed by atoms with van der Waals surface area (Å²) >= 11 is 0. The number of benzene rings is 1. The first-order valence-electron chi connectivity index (χ1n) is 7.06. The van der Waals surface area contributed by atoms with Crippen molar-refractivity contribution in [2.24, 2.45) is 0 Å². The fraction of sp³-hybridized carbons (Fsp3) is 0.625. The van der Waals surface area contributed by atoms with Crippen molar-refractivity contribution in [3.05, 3.63) is 35.4 Å². The van der Waals surface area contributed by atoms with Gasteiger partial charge in [0.05, 0.1) is 12.7 Å². The van der Waals surface area contributed by atoms with Crippen molar-refractivity contribution in [3.8, 4) is 0 Å². The largest absolute Gasteiger partial charge is 0.377 e. The number of hydrogen-bond acceptors (Lipinski definition) is 2. The van der Waals surface area contributed by atoms with Gasteiger partial charge in [-0.05, 0) is 45.1 Å². The summed E-state index contributed by atoms with van der Waals surface area (Å²) in [5.74, 6) is 0.758. The molecule has 0 bridgehead atoms. The molecule has 0 amide bonds. The SMILES string of the molecule is Cc1ccc(C2CC(NCCOC(C)C)C2)cc1. The number of rotatable bonds is 6. The van der Waals surface area contributed by atoms with Gasteiger partial charge in [0, 0.05) is 12.6 Å². The number of ether oxygens (including phenoxy) is 1. The standard InChI is InChI=1S/C16H25NO/c1-12(2)18-9-8-17-16-10-15(11-16)14-6-4-13(3)5-7-14/h4-7,12,15-17H,8-11H2,1-3H3. The van der Waals surface area contributed by atoms with Crippen LogP contribution in [0.15, 0.2) is 24.3 Å². The number of hydrogen-bond donors (Lipinski definition) is 1. The monoisotopic (exact) mass is 247 g/mol. The van der Waals surface area contributed by atoms with Crippen molar-refractivity contribution in [2.45, 2.75) is 51.7 Å². The van der Waals surface area contributed by atoms with Crippen LogP contribution < -0.4 is 5.32 Å². The topological polar surface area (TPSA) is 21.3 Å². The summed E-state index contributed by atoms with van der Waals surface area (Å²) in [7, 11) is 0. The second-order valence-electron chi connectivity index (χ2n) is 5.65. The molecular weight excluding hydrogens is 222 g/mol. The molecule has 1 aromatic carbocycles. The Hall–Kier alpha value is -0.860. The molecular formula is C16H25NO. The third-order valence-corrected chi connectivity index (χ3v) is 3.67. The summed E-state index contributed by atoms with van der Waals surface area (Å²) in [6, 6.07) is 9.67. The summed E-state index contributed by atoms with van der Waals surface area (Å²) in [4.78, 5) is 0. The molecule has 2 heteroatoms. The van der Waals surface area contributed by atoms with E-state index in [9.17, 15) is 0 Å². The maximum Gasteiger partial charge on any atom is 0.0594 e. The molecule has 0 radical (unpaired) electrons. The lowest BCUT2D eigenvalue weighted by atomic mass is 9.76. The highest BCUT2D eigenvalue weighted by Crippen LogP contribution is 2.36. The average molecular weight is 247 g/mol. The Labute approximate surface area is 111 Å². The highest BCUT2D eigenvalue weighted by Gasteiger charge is 2.29. The van der Waals surface area contributed by atoms with E-state index in [1.54, 1.807) is 0 Å². The summed E-state index contributed by atoms with van der Waals surface area (Å²) in [6.07, 6.45) is 2.88. The molecule has 1 N–H and O–H groups in total. The second-order valence-corrected chi connectivity index (χ2v) is 5.65. The maximum atomic E-state index is 5.52.